The first-order valence-corrected chi connectivity index (χ1v) is 7.60. The highest BCUT2D eigenvalue weighted by atomic mass is 35.5. The van der Waals surface area contributed by atoms with Crippen molar-refractivity contribution in [2.24, 2.45) is 0 Å². The van der Waals surface area contributed by atoms with E-state index in [1.54, 1.807) is 17.0 Å². The maximum atomic E-state index is 12.5. The molecular weight excluding hydrogens is 274 g/mol. The zero-order valence-corrected chi connectivity index (χ0v) is 13.5. The third kappa shape index (κ3) is 4.10. The van der Waals surface area contributed by atoms with Crippen LogP contribution in [-0.2, 0) is 0 Å². The average Bonchev–Trinajstić information content (AvgIpc) is 2.46. The molecule has 0 aliphatic carbocycles. The fraction of sp³-hybridized carbons (Fsp3) is 0.600. The lowest BCUT2D eigenvalue weighted by atomic mass is 10.1. The van der Waals surface area contributed by atoms with Gasteiger partial charge in [0.1, 0.15) is 11.5 Å². The number of rotatable bonds is 7. The molecule has 1 aromatic rings. The molecule has 5 heteroatoms. The lowest BCUT2D eigenvalue weighted by Crippen LogP contribution is -2.36. The first-order chi connectivity index (χ1) is 9.54. The van der Waals surface area contributed by atoms with Crippen molar-refractivity contribution < 1.29 is 4.79 Å². The Morgan fingerprint density at radius 3 is 2.55 bits per heavy atom. The van der Waals surface area contributed by atoms with Gasteiger partial charge in [-0.05, 0) is 31.4 Å². The molecule has 1 aromatic heterocycles. The number of nitrogens with zero attached hydrogens (tertiary/aromatic N) is 2. The highest BCUT2D eigenvalue weighted by molar-refractivity contribution is 6.33. The summed E-state index contributed by atoms with van der Waals surface area (Å²) in [5.41, 5.74) is 0.321. The van der Waals surface area contributed by atoms with Crippen molar-refractivity contribution in [1.29, 1.82) is 0 Å². The van der Waals surface area contributed by atoms with Gasteiger partial charge in [-0.15, -0.1) is 0 Å². The number of nitrogens with one attached hydrogen (secondary N) is 1. The van der Waals surface area contributed by atoms with Gasteiger partial charge in [0.05, 0.1) is 5.02 Å². The van der Waals surface area contributed by atoms with Gasteiger partial charge in [-0.25, -0.2) is 4.98 Å². The molecule has 112 valence electrons. The van der Waals surface area contributed by atoms with Gasteiger partial charge in [0.2, 0.25) is 0 Å². The van der Waals surface area contributed by atoms with E-state index in [1.165, 1.54) is 0 Å². The van der Waals surface area contributed by atoms with E-state index in [0.29, 0.717) is 16.5 Å². The molecule has 0 bridgehead atoms. The predicted molar refractivity (Wildman–Crippen MR) is 84.5 cm³/mol. The molecule has 1 N–H and O–H groups in total. The minimum Gasteiger partial charge on any atom is -0.370 e. The minimum atomic E-state index is -0.121. The molecule has 0 spiro atoms. The Balaban J connectivity index is 2.96. The van der Waals surface area contributed by atoms with Crippen LogP contribution in [-0.4, -0.2) is 35.4 Å². The number of hydrogen-bond donors (Lipinski definition) is 1. The molecule has 0 saturated carbocycles. The molecule has 20 heavy (non-hydrogen) atoms. The van der Waals surface area contributed by atoms with Crippen molar-refractivity contribution in [2.45, 2.75) is 46.1 Å². The second kappa shape index (κ2) is 8.10. The van der Waals surface area contributed by atoms with Crippen LogP contribution in [0.15, 0.2) is 12.1 Å². The number of anilines is 1. The van der Waals surface area contributed by atoms with Gasteiger partial charge in [0.25, 0.3) is 5.91 Å². The molecule has 4 nitrogen and oxygen atoms in total. The second-order valence-electron chi connectivity index (χ2n) is 4.84. The molecule has 0 saturated heterocycles. The fourth-order valence-electron chi connectivity index (χ4n) is 2.11. The summed E-state index contributed by atoms with van der Waals surface area (Å²) in [5.74, 6) is 0.571. The van der Waals surface area contributed by atoms with Crippen LogP contribution in [0.5, 0.6) is 0 Å². The summed E-state index contributed by atoms with van der Waals surface area (Å²) in [4.78, 5) is 18.6. The number of hydrogen-bond acceptors (Lipinski definition) is 3. The lowest BCUT2D eigenvalue weighted by Gasteiger charge is -2.26. The molecule has 0 aromatic carbocycles. The van der Waals surface area contributed by atoms with E-state index in [1.807, 2.05) is 7.05 Å². The normalized spacial score (nSPS) is 10.7. The molecule has 0 atom stereocenters. The molecule has 0 aliphatic rings. The molecule has 1 rings (SSSR count). The van der Waals surface area contributed by atoms with Crippen LogP contribution in [0.2, 0.25) is 5.02 Å². The van der Waals surface area contributed by atoms with E-state index in [2.05, 4.69) is 31.1 Å². The summed E-state index contributed by atoms with van der Waals surface area (Å²) in [6.45, 7) is 7.05. The van der Waals surface area contributed by atoms with Gasteiger partial charge in [-0.1, -0.05) is 32.4 Å². The molecule has 0 fully saturated rings. The number of aromatic nitrogens is 1. The van der Waals surface area contributed by atoms with E-state index in [9.17, 15) is 4.79 Å². The number of carbonyl (C=O) groups is 1. The lowest BCUT2D eigenvalue weighted by molar-refractivity contribution is 0.0718. The molecule has 0 aliphatic heterocycles. The minimum absolute atomic E-state index is 0.121. The molecule has 0 radical (unpaired) electrons. The van der Waals surface area contributed by atoms with Gasteiger partial charge in [0.15, 0.2) is 0 Å². The van der Waals surface area contributed by atoms with Crippen molar-refractivity contribution >= 4 is 23.3 Å². The summed E-state index contributed by atoms with van der Waals surface area (Å²) in [5, 5.41) is 3.57. The highest BCUT2D eigenvalue weighted by Gasteiger charge is 2.22. The van der Waals surface area contributed by atoms with E-state index >= 15 is 0 Å². The van der Waals surface area contributed by atoms with Crippen LogP contribution in [0.4, 0.5) is 5.82 Å². The summed E-state index contributed by atoms with van der Waals surface area (Å²) < 4.78 is 0. The van der Waals surface area contributed by atoms with Gasteiger partial charge >= 0.3 is 0 Å². The van der Waals surface area contributed by atoms with Gasteiger partial charge in [-0.3, -0.25) is 4.79 Å². The Hall–Kier alpha value is -1.29. The van der Waals surface area contributed by atoms with Crippen LogP contribution in [0.1, 0.15) is 50.5 Å². The Labute approximate surface area is 126 Å². The first-order valence-electron chi connectivity index (χ1n) is 7.22. The van der Waals surface area contributed by atoms with Crippen LogP contribution in [0.3, 0.4) is 0 Å². The largest absolute Gasteiger partial charge is 0.370 e. The van der Waals surface area contributed by atoms with Crippen molar-refractivity contribution in [3.05, 3.63) is 22.8 Å². The van der Waals surface area contributed by atoms with Gasteiger partial charge < -0.3 is 10.2 Å². The monoisotopic (exact) mass is 297 g/mol. The maximum absolute atomic E-state index is 12.5. The van der Waals surface area contributed by atoms with Crippen LogP contribution in [0.25, 0.3) is 0 Å². The van der Waals surface area contributed by atoms with E-state index in [-0.39, 0.29) is 11.9 Å². The Morgan fingerprint density at radius 1 is 1.35 bits per heavy atom. The summed E-state index contributed by atoms with van der Waals surface area (Å²) in [6, 6.07) is 3.74. The number of halogens is 1. The fourth-order valence-corrected chi connectivity index (χ4v) is 2.30. The Morgan fingerprint density at radius 2 is 2.00 bits per heavy atom. The second-order valence-corrected chi connectivity index (χ2v) is 5.25. The first kappa shape index (κ1) is 16.8. The van der Waals surface area contributed by atoms with Crippen molar-refractivity contribution in [1.82, 2.24) is 9.88 Å². The van der Waals surface area contributed by atoms with Gasteiger partial charge in [0, 0.05) is 19.6 Å². The average molecular weight is 298 g/mol. The third-order valence-corrected chi connectivity index (χ3v) is 3.72. The molecule has 0 unspecified atom stereocenters. The zero-order chi connectivity index (χ0) is 15.1. The Bertz CT molecular complexity index is 447. The SMILES string of the molecule is CCCNc1ccc(Cl)c(C(=O)N(C)C(CC)CC)n1. The smallest absolute Gasteiger partial charge is 0.274 e. The number of carbonyl (C=O) groups excluding carboxylic acids is 1. The third-order valence-electron chi connectivity index (χ3n) is 3.42. The highest BCUT2D eigenvalue weighted by Crippen LogP contribution is 2.20. The maximum Gasteiger partial charge on any atom is 0.274 e. The van der Waals surface area contributed by atoms with Crippen molar-refractivity contribution in [3.63, 3.8) is 0 Å². The topological polar surface area (TPSA) is 45.2 Å². The van der Waals surface area contributed by atoms with Crippen molar-refractivity contribution in [2.75, 3.05) is 18.9 Å². The van der Waals surface area contributed by atoms with E-state index < -0.39 is 0 Å². The van der Waals surface area contributed by atoms with E-state index in [4.69, 9.17) is 11.6 Å². The molecule has 1 heterocycles. The Kier molecular flexibility index (Phi) is 6.79. The van der Waals surface area contributed by atoms with E-state index in [0.717, 1.165) is 25.8 Å². The van der Waals surface area contributed by atoms with Crippen LogP contribution in [0, 0.1) is 0 Å². The summed E-state index contributed by atoms with van der Waals surface area (Å²) >= 11 is 6.12. The van der Waals surface area contributed by atoms with Crippen LogP contribution < -0.4 is 5.32 Å². The molecule has 1 amide bonds. The number of amides is 1. The van der Waals surface area contributed by atoms with Gasteiger partial charge in [-0.2, -0.15) is 0 Å². The summed E-state index contributed by atoms with van der Waals surface area (Å²) in [7, 11) is 1.81. The number of pyridine rings is 1. The quantitative estimate of drug-likeness (QED) is 0.832. The standard InChI is InChI=1S/C15H24ClN3O/c1-5-10-17-13-9-8-12(16)14(18-13)15(20)19(4)11(6-2)7-3/h8-9,11H,5-7,10H2,1-4H3,(H,17,18). The van der Waals surface area contributed by atoms with Crippen LogP contribution >= 0.6 is 11.6 Å². The summed E-state index contributed by atoms with van der Waals surface area (Å²) in [6.07, 6.45) is 2.84. The van der Waals surface area contributed by atoms with Crippen molar-refractivity contribution in [3.8, 4) is 0 Å². The zero-order valence-electron chi connectivity index (χ0n) is 12.7. The predicted octanol–water partition coefficient (Wildman–Crippen LogP) is 3.82. The molecular formula is C15H24ClN3O.